The van der Waals surface area contributed by atoms with Crippen LogP contribution >= 0.6 is 0 Å². The summed E-state index contributed by atoms with van der Waals surface area (Å²) in [5.74, 6) is 0.635. The zero-order valence-corrected chi connectivity index (χ0v) is 29.4. The van der Waals surface area contributed by atoms with Gasteiger partial charge in [-0.1, -0.05) is 140 Å². The molecule has 0 spiro atoms. The Morgan fingerprint density at radius 1 is 0.333 bits per heavy atom. The van der Waals surface area contributed by atoms with Crippen LogP contribution in [0.4, 0.5) is 17.1 Å². The van der Waals surface area contributed by atoms with Gasteiger partial charge in [0.25, 0.3) is 0 Å². The molecule has 0 atom stereocenters. The minimum Gasteiger partial charge on any atom is -0.435 e. The Bertz CT molecular complexity index is 2820. The third-order valence-corrected chi connectivity index (χ3v) is 10.3. The molecule has 0 saturated carbocycles. The standard InChI is InChI=1S/C51H34N2O/c1-4-10-35(11-5-1)37-20-26-45(27-21-37)53(46-28-22-38(23-29-46)36-12-6-2-7-13-36)47-30-24-39-16-18-42(32-44(39)33-47)43-19-17-40-25-31-49-50(48(40)34-43)54-51(52-49)41-14-8-3-9-15-41/h1-34H. The molecule has 10 rings (SSSR count). The molecular formula is C51H34N2O. The van der Waals surface area contributed by atoms with Crippen molar-refractivity contribution in [1.82, 2.24) is 4.98 Å². The highest BCUT2D eigenvalue weighted by Crippen LogP contribution is 2.39. The van der Waals surface area contributed by atoms with Crippen LogP contribution in [0.1, 0.15) is 0 Å². The molecule has 9 aromatic carbocycles. The van der Waals surface area contributed by atoms with Gasteiger partial charge in [-0.25, -0.2) is 4.98 Å². The maximum atomic E-state index is 6.40. The van der Waals surface area contributed by atoms with Gasteiger partial charge in [-0.15, -0.1) is 0 Å². The number of nitrogens with zero attached hydrogens (tertiary/aromatic N) is 2. The van der Waals surface area contributed by atoms with E-state index in [2.05, 4.69) is 175 Å². The van der Waals surface area contributed by atoms with Crippen LogP contribution in [0, 0.1) is 0 Å². The van der Waals surface area contributed by atoms with Crippen LogP contribution in [0.5, 0.6) is 0 Å². The van der Waals surface area contributed by atoms with Gasteiger partial charge in [0.05, 0.1) is 0 Å². The third-order valence-electron chi connectivity index (χ3n) is 10.3. The van der Waals surface area contributed by atoms with Crippen LogP contribution in [0.2, 0.25) is 0 Å². The maximum absolute atomic E-state index is 6.40. The Hall–Kier alpha value is -7.23. The molecule has 10 aromatic rings. The van der Waals surface area contributed by atoms with Gasteiger partial charge in [0.2, 0.25) is 5.89 Å². The third kappa shape index (κ3) is 5.88. The Morgan fingerprint density at radius 3 is 1.41 bits per heavy atom. The van der Waals surface area contributed by atoms with Crippen LogP contribution in [0.3, 0.4) is 0 Å². The van der Waals surface area contributed by atoms with Gasteiger partial charge in [-0.3, -0.25) is 0 Å². The van der Waals surface area contributed by atoms with Crippen LogP contribution in [-0.4, -0.2) is 4.98 Å². The van der Waals surface area contributed by atoms with Gasteiger partial charge < -0.3 is 9.32 Å². The average molecular weight is 691 g/mol. The van der Waals surface area contributed by atoms with Crippen molar-refractivity contribution in [2.45, 2.75) is 0 Å². The minimum absolute atomic E-state index is 0.635. The lowest BCUT2D eigenvalue weighted by molar-refractivity contribution is 0.623. The van der Waals surface area contributed by atoms with Crippen molar-refractivity contribution in [2.75, 3.05) is 4.90 Å². The fraction of sp³-hybridized carbons (Fsp3) is 0. The normalized spacial score (nSPS) is 11.3. The van der Waals surface area contributed by atoms with E-state index >= 15 is 0 Å². The Labute approximate surface area is 314 Å². The molecule has 0 fully saturated rings. The van der Waals surface area contributed by atoms with Crippen LogP contribution in [0.25, 0.3) is 77.5 Å². The Kier molecular flexibility index (Phi) is 7.81. The molecule has 0 amide bonds. The highest BCUT2D eigenvalue weighted by Gasteiger charge is 2.16. The second-order valence-electron chi connectivity index (χ2n) is 13.6. The molecule has 254 valence electrons. The maximum Gasteiger partial charge on any atom is 0.227 e. The van der Waals surface area contributed by atoms with E-state index in [1.807, 2.05) is 36.4 Å². The van der Waals surface area contributed by atoms with Gasteiger partial charge in [0.1, 0.15) is 5.52 Å². The fourth-order valence-electron chi connectivity index (χ4n) is 7.46. The van der Waals surface area contributed by atoms with Crippen molar-refractivity contribution >= 4 is 49.7 Å². The zero-order valence-electron chi connectivity index (χ0n) is 29.4. The van der Waals surface area contributed by atoms with Crippen molar-refractivity contribution in [1.29, 1.82) is 0 Å². The molecule has 0 radical (unpaired) electrons. The summed E-state index contributed by atoms with van der Waals surface area (Å²) >= 11 is 0. The van der Waals surface area contributed by atoms with E-state index in [-0.39, 0.29) is 0 Å². The number of hydrogen-bond donors (Lipinski definition) is 0. The summed E-state index contributed by atoms with van der Waals surface area (Å²) in [6, 6.07) is 73.1. The van der Waals surface area contributed by atoms with E-state index in [1.54, 1.807) is 0 Å². The van der Waals surface area contributed by atoms with Crippen molar-refractivity contribution in [2.24, 2.45) is 0 Å². The summed E-state index contributed by atoms with van der Waals surface area (Å²) in [7, 11) is 0. The molecular weight excluding hydrogens is 657 g/mol. The molecule has 1 aromatic heterocycles. The first kappa shape index (κ1) is 31.5. The lowest BCUT2D eigenvalue weighted by atomic mass is 9.98. The molecule has 0 aliphatic heterocycles. The molecule has 0 bridgehead atoms. The number of aromatic nitrogens is 1. The molecule has 0 aliphatic carbocycles. The van der Waals surface area contributed by atoms with Gasteiger partial charge in [-0.2, -0.15) is 0 Å². The van der Waals surface area contributed by atoms with E-state index < -0.39 is 0 Å². The molecule has 1 heterocycles. The highest BCUT2D eigenvalue weighted by molar-refractivity contribution is 6.05. The van der Waals surface area contributed by atoms with E-state index in [4.69, 9.17) is 9.40 Å². The van der Waals surface area contributed by atoms with E-state index in [0.29, 0.717) is 5.89 Å². The predicted molar refractivity (Wildman–Crippen MR) is 225 cm³/mol. The number of fused-ring (bicyclic) bond motifs is 4. The van der Waals surface area contributed by atoms with Gasteiger partial charge in [0.15, 0.2) is 5.58 Å². The van der Waals surface area contributed by atoms with Crippen molar-refractivity contribution < 1.29 is 4.42 Å². The zero-order chi connectivity index (χ0) is 35.8. The van der Waals surface area contributed by atoms with E-state index in [9.17, 15) is 0 Å². The molecule has 0 aliphatic rings. The number of anilines is 3. The van der Waals surface area contributed by atoms with Gasteiger partial charge >= 0.3 is 0 Å². The summed E-state index contributed by atoms with van der Waals surface area (Å²) in [4.78, 5) is 7.17. The van der Waals surface area contributed by atoms with Crippen molar-refractivity contribution in [3.8, 4) is 44.8 Å². The van der Waals surface area contributed by atoms with Crippen molar-refractivity contribution in [3.63, 3.8) is 0 Å². The summed E-state index contributed by atoms with van der Waals surface area (Å²) in [5, 5.41) is 4.53. The fourth-order valence-corrected chi connectivity index (χ4v) is 7.46. The number of rotatable bonds is 7. The highest BCUT2D eigenvalue weighted by atomic mass is 16.3. The van der Waals surface area contributed by atoms with E-state index in [0.717, 1.165) is 55.6 Å². The quantitative estimate of drug-likeness (QED) is 0.167. The smallest absolute Gasteiger partial charge is 0.227 e. The van der Waals surface area contributed by atoms with Gasteiger partial charge in [-0.05, 0) is 116 Å². The lowest BCUT2D eigenvalue weighted by Gasteiger charge is -2.26. The Balaban J connectivity index is 1.05. The summed E-state index contributed by atoms with van der Waals surface area (Å²) in [6.45, 7) is 0. The first-order valence-electron chi connectivity index (χ1n) is 18.3. The average Bonchev–Trinajstić information content (AvgIpc) is 3.70. The number of benzene rings is 9. The molecule has 0 N–H and O–H groups in total. The molecule has 3 heteroatoms. The van der Waals surface area contributed by atoms with Crippen molar-refractivity contribution in [3.05, 3.63) is 206 Å². The number of oxazole rings is 1. The predicted octanol–water partition coefficient (Wildman–Crippen LogP) is 14.3. The monoisotopic (exact) mass is 690 g/mol. The SMILES string of the molecule is c1ccc(-c2ccc(N(c3ccc(-c4ccccc4)cc3)c3ccc4ccc(-c5ccc6ccc7nc(-c8ccccc8)oc7c6c5)cc4c3)cc2)cc1. The summed E-state index contributed by atoms with van der Waals surface area (Å²) < 4.78 is 6.40. The number of hydrogen-bond acceptors (Lipinski definition) is 3. The first-order chi connectivity index (χ1) is 26.7. The molecule has 0 unspecified atom stereocenters. The van der Waals surface area contributed by atoms with E-state index in [1.165, 1.54) is 33.0 Å². The second-order valence-corrected chi connectivity index (χ2v) is 13.6. The largest absolute Gasteiger partial charge is 0.435 e. The minimum atomic E-state index is 0.635. The molecule has 54 heavy (non-hydrogen) atoms. The van der Waals surface area contributed by atoms with Crippen LogP contribution in [0.15, 0.2) is 211 Å². The molecule has 0 saturated heterocycles. The topological polar surface area (TPSA) is 29.3 Å². The summed E-state index contributed by atoms with van der Waals surface area (Å²) in [5.41, 5.74) is 13.0. The van der Waals surface area contributed by atoms with Gasteiger partial charge in [0, 0.05) is 28.0 Å². The van der Waals surface area contributed by atoms with Crippen LogP contribution in [-0.2, 0) is 0 Å². The first-order valence-corrected chi connectivity index (χ1v) is 18.3. The van der Waals surface area contributed by atoms with Crippen LogP contribution < -0.4 is 4.90 Å². The molecule has 3 nitrogen and oxygen atoms in total. The second kappa shape index (κ2) is 13.4. The Morgan fingerprint density at radius 2 is 0.796 bits per heavy atom. The lowest BCUT2D eigenvalue weighted by Crippen LogP contribution is -2.09. The summed E-state index contributed by atoms with van der Waals surface area (Å²) in [6.07, 6.45) is 0.